The molecule has 4 nitrogen and oxygen atoms in total. The molecule has 1 aromatic heterocycles. The molecule has 1 saturated carbocycles. The molecule has 7 heteroatoms. The van der Waals surface area contributed by atoms with Crippen molar-refractivity contribution in [2.75, 3.05) is 0 Å². The molecule has 5 rings (SSSR count). The summed E-state index contributed by atoms with van der Waals surface area (Å²) in [7, 11) is 0. The first-order chi connectivity index (χ1) is 17.9. The largest absolute Gasteiger partial charge is 0.489 e. The number of rotatable bonds is 7. The summed E-state index contributed by atoms with van der Waals surface area (Å²) >= 11 is 19.4. The summed E-state index contributed by atoms with van der Waals surface area (Å²) in [6, 6.07) is 18.0. The Morgan fingerprint density at radius 1 is 1.00 bits per heavy atom. The van der Waals surface area contributed by atoms with Gasteiger partial charge in [-0.3, -0.25) is 4.79 Å². The lowest BCUT2D eigenvalue weighted by Gasteiger charge is -2.10. The maximum Gasteiger partial charge on any atom is 0.162 e. The number of carbonyl (C=O) groups is 1. The number of hydrogen-bond acceptors (Lipinski definition) is 4. The molecule has 0 saturated heterocycles. The fourth-order valence-corrected chi connectivity index (χ4v) is 4.80. The van der Waals surface area contributed by atoms with E-state index in [1.807, 2.05) is 31.2 Å². The molecule has 1 aliphatic carbocycles. The van der Waals surface area contributed by atoms with Crippen LogP contribution in [0.1, 0.15) is 64.9 Å². The lowest BCUT2D eigenvalue weighted by atomic mass is 10.0. The lowest BCUT2D eigenvalue weighted by molar-refractivity contribution is 0.0988. The van der Waals surface area contributed by atoms with Gasteiger partial charge in [-0.1, -0.05) is 76.9 Å². The minimum absolute atomic E-state index is 0.0841. The molecule has 0 unspecified atom stereocenters. The Morgan fingerprint density at radius 2 is 1.76 bits per heavy atom. The van der Waals surface area contributed by atoms with Crippen LogP contribution in [0.15, 0.2) is 65.2 Å². The molecule has 0 amide bonds. The Morgan fingerprint density at radius 3 is 2.46 bits per heavy atom. The quantitative estimate of drug-likeness (QED) is 0.170. The van der Waals surface area contributed by atoms with Crippen LogP contribution in [0.2, 0.25) is 15.1 Å². The summed E-state index contributed by atoms with van der Waals surface area (Å²) in [6.07, 6.45) is 2.55. The fraction of sp³-hybridized carbons (Fsp3) is 0.200. The third-order valence-corrected chi connectivity index (χ3v) is 7.08. The van der Waals surface area contributed by atoms with Crippen molar-refractivity contribution in [2.24, 2.45) is 0 Å². The first-order valence-corrected chi connectivity index (χ1v) is 13.1. The topological polar surface area (TPSA) is 52.3 Å². The van der Waals surface area contributed by atoms with E-state index in [1.165, 1.54) is 0 Å². The number of benzene rings is 3. The fourth-order valence-electron chi connectivity index (χ4n) is 4.00. The van der Waals surface area contributed by atoms with Gasteiger partial charge in [-0.25, -0.2) is 0 Å². The van der Waals surface area contributed by atoms with Gasteiger partial charge in [0.2, 0.25) is 0 Å². The van der Waals surface area contributed by atoms with E-state index >= 15 is 0 Å². The number of nitrogens with zero attached hydrogens (tertiary/aromatic N) is 1. The molecule has 0 N–H and O–H groups in total. The standard InChI is InChI=1S/C30H22Cl3NO3/c1-2-27(35)21-6-3-5-18(15-21)9-10-19-13-14-22(16-26(19)33)36-17-23-29(34-37-30(23)20-11-12-20)28-24(31)7-4-8-25(28)32/h3-8,13-16,20H,2,11-12,17H2,1H3. The first-order valence-electron chi connectivity index (χ1n) is 11.9. The number of halogens is 3. The zero-order valence-electron chi connectivity index (χ0n) is 20.0. The van der Waals surface area contributed by atoms with E-state index in [2.05, 4.69) is 17.0 Å². The summed E-state index contributed by atoms with van der Waals surface area (Å²) in [5.41, 5.74) is 4.12. The molecule has 0 bridgehead atoms. The van der Waals surface area contributed by atoms with Crippen LogP contribution in [0.3, 0.4) is 0 Å². The van der Waals surface area contributed by atoms with Crippen molar-refractivity contribution in [1.29, 1.82) is 0 Å². The maximum atomic E-state index is 12.0. The van der Waals surface area contributed by atoms with Gasteiger partial charge in [0.15, 0.2) is 5.78 Å². The molecule has 186 valence electrons. The van der Waals surface area contributed by atoms with Crippen LogP contribution >= 0.6 is 34.8 Å². The number of ether oxygens (including phenoxy) is 1. The molecule has 0 atom stereocenters. The van der Waals surface area contributed by atoms with Crippen molar-refractivity contribution in [3.63, 3.8) is 0 Å². The molecular weight excluding hydrogens is 529 g/mol. The molecule has 1 fully saturated rings. The second kappa shape index (κ2) is 11.0. The molecule has 0 spiro atoms. The van der Waals surface area contributed by atoms with Crippen LogP contribution in [-0.4, -0.2) is 10.9 Å². The molecule has 0 aliphatic heterocycles. The van der Waals surface area contributed by atoms with Crippen molar-refractivity contribution in [3.8, 4) is 28.8 Å². The van der Waals surface area contributed by atoms with Crippen molar-refractivity contribution < 1.29 is 14.1 Å². The van der Waals surface area contributed by atoms with Crippen molar-refractivity contribution >= 4 is 40.6 Å². The molecular formula is C30H22Cl3NO3. The van der Waals surface area contributed by atoms with Crippen LogP contribution in [0, 0.1) is 11.8 Å². The zero-order chi connectivity index (χ0) is 25.9. The van der Waals surface area contributed by atoms with Crippen LogP contribution < -0.4 is 4.74 Å². The van der Waals surface area contributed by atoms with Gasteiger partial charge in [-0.15, -0.1) is 0 Å². The van der Waals surface area contributed by atoms with E-state index in [-0.39, 0.29) is 12.4 Å². The summed E-state index contributed by atoms with van der Waals surface area (Å²) in [5, 5.41) is 5.77. The Labute approximate surface area is 230 Å². The zero-order valence-corrected chi connectivity index (χ0v) is 22.3. The van der Waals surface area contributed by atoms with Crippen LogP contribution in [0.25, 0.3) is 11.3 Å². The van der Waals surface area contributed by atoms with Gasteiger partial charge >= 0.3 is 0 Å². The van der Waals surface area contributed by atoms with E-state index < -0.39 is 0 Å². The van der Waals surface area contributed by atoms with Crippen LogP contribution in [0.5, 0.6) is 5.75 Å². The van der Waals surface area contributed by atoms with Crippen molar-refractivity contribution in [1.82, 2.24) is 5.16 Å². The summed E-state index contributed by atoms with van der Waals surface area (Å²) in [6.45, 7) is 2.07. The number of aromatic nitrogens is 1. The Balaban J connectivity index is 1.36. The SMILES string of the molecule is CCC(=O)c1cccc(C#Cc2ccc(OCc3c(-c4c(Cl)cccc4Cl)noc3C3CC3)cc2Cl)c1. The second-order valence-corrected chi connectivity index (χ2v) is 10.0. The Hall–Kier alpha value is -3.23. The maximum absolute atomic E-state index is 12.0. The van der Waals surface area contributed by atoms with E-state index in [0.29, 0.717) is 55.5 Å². The lowest BCUT2D eigenvalue weighted by Crippen LogP contribution is -2.00. The predicted molar refractivity (Wildman–Crippen MR) is 147 cm³/mol. The molecule has 0 radical (unpaired) electrons. The third-order valence-electron chi connectivity index (χ3n) is 6.14. The van der Waals surface area contributed by atoms with Gasteiger partial charge in [0, 0.05) is 40.7 Å². The molecule has 3 aromatic carbocycles. The molecule has 1 aliphatic rings. The number of hydrogen-bond donors (Lipinski definition) is 0. The van der Waals surface area contributed by atoms with E-state index in [4.69, 9.17) is 44.1 Å². The summed E-state index contributed by atoms with van der Waals surface area (Å²) in [5.74, 6) is 7.98. The van der Waals surface area contributed by atoms with Crippen molar-refractivity contribution in [3.05, 3.63) is 104 Å². The van der Waals surface area contributed by atoms with E-state index in [9.17, 15) is 4.79 Å². The van der Waals surface area contributed by atoms with Crippen LogP contribution in [0.4, 0.5) is 0 Å². The highest BCUT2D eigenvalue weighted by Gasteiger charge is 2.33. The van der Waals surface area contributed by atoms with Crippen LogP contribution in [-0.2, 0) is 6.61 Å². The van der Waals surface area contributed by atoms with E-state index in [0.717, 1.165) is 29.7 Å². The summed E-state index contributed by atoms with van der Waals surface area (Å²) < 4.78 is 11.8. The van der Waals surface area contributed by atoms with Gasteiger partial charge in [0.25, 0.3) is 0 Å². The molecule has 4 aromatic rings. The average molecular weight is 551 g/mol. The Kier molecular flexibility index (Phi) is 7.58. The smallest absolute Gasteiger partial charge is 0.162 e. The number of ketones is 1. The number of carbonyl (C=O) groups excluding carboxylic acids is 1. The Bertz CT molecular complexity index is 1520. The van der Waals surface area contributed by atoms with Gasteiger partial charge in [0.1, 0.15) is 23.8 Å². The second-order valence-electron chi connectivity index (χ2n) is 8.78. The first kappa shape index (κ1) is 25.4. The van der Waals surface area contributed by atoms with E-state index in [1.54, 1.807) is 36.4 Å². The molecule has 37 heavy (non-hydrogen) atoms. The minimum Gasteiger partial charge on any atom is -0.489 e. The third kappa shape index (κ3) is 5.70. The predicted octanol–water partition coefficient (Wildman–Crippen LogP) is 8.75. The van der Waals surface area contributed by atoms with Gasteiger partial charge in [0.05, 0.1) is 20.6 Å². The number of Topliss-reactive ketones (excluding diaryl/α,β-unsaturated/α-hetero) is 1. The van der Waals surface area contributed by atoms with Crippen molar-refractivity contribution in [2.45, 2.75) is 38.7 Å². The van der Waals surface area contributed by atoms with Gasteiger partial charge in [-0.05, 0) is 49.2 Å². The van der Waals surface area contributed by atoms with Gasteiger partial charge in [-0.2, -0.15) is 0 Å². The highest BCUT2D eigenvalue weighted by Crippen LogP contribution is 2.46. The monoisotopic (exact) mass is 549 g/mol. The average Bonchev–Trinajstić information content (AvgIpc) is 3.66. The van der Waals surface area contributed by atoms with Gasteiger partial charge < -0.3 is 9.26 Å². The highest BCUT2D eigenvalue weighted by atomic mass is 35.5. The summed E-state index contributed by atoms with van der Waals surface area (Å²) in [4.78, 5) is 12.0. The normalized spacial score (nSPS) is 12.6. The minimum atomic E-state index is 0.0841. The highest BCUT2D eigenvalue weighted by molar-refractivity contribution is 6.39. The molecule has 1 heterocycles.